The van der Waals surface area contributed by atoms with Crippen molar-refractivity contribution in [3.63, 3.8) is 0 Å². The average Bonchev–Trinajstić information content (AvgIpc) is 2.79. The third kappa shape index (κ3) is 3.52. The first kappa shape index (κ1) is 14.2. The minimum absolute atomic E-state index is 0.195. The highest BCUT2D eigenvalue weighted by molar-refractivity contribution is 5.11. The van der Waals surface area contributed by atoms with Gasteiger partial charge in [-0.05, 0) is 20.9 Å². The van der Waals surface area contributed by atoms with Gasteiger partial charge in [-0.25, -0.2) is 0 Å². The minimum Gasteiger partial charge on any atom is -0.383 e. The van der Waals surface area contributed by atoms with Gasteiger partial charge in [0, 0.05) is 38.0 Å². The van der Waals surface area contributed by atoms with Crippen LogP contribution in [0.3, 0.4) is 0 Å². The Morgan fingerprint density at radius 2 is 2.29 bits per heavy atom. The Labute approximate surface area is 104 Å². The zero-order valence-corrected chi connectivity index (χ0v) is 11.3. The Bertz CT molecular complexity index is 326. The summed E-state index contributed by atoms with van der Waals surface area (Å²) in [5, 5.41) is 4.29. The van der Waals surface area contributed by atoms with Crippen LogP contribution in [0.1, 0.15) is 25.5 Å². The van der Waals surface area contributed by atoms with Gasteiger partial charge in [0.25, 0.3) is 0 Å². The maximum absolute atomic E-state index is 5.87. The van der Waals surface area contributed by atoms with E-state index in [2.05, 4.69) is 37.1 Å². The van der Waals surface area contributed by atoms with Crippen LogP contribution >= 0.6 is 0 Å². The molecule has 5 nitrogen and oxygen atoms in total. The monoisotopic (exact) mass is 240 g/mol. The summed E-state index contributed by atoms with van der Waals surface area (Å²) in [5.41, 5.74) is 7.04. The smallest absolute Gasteiger partial charge is 0.0615 e. The average molecular weight is 240 g/mol. The Morgan fingerprint density at radius 1 is 1.59 bits per heavy atom. The van der Waals surface area contributed by atoms with Crippen LogP contribution in [0.2, 0.25) is 0 Å². The van der Waals surface area contributed by atoms with E-state index in [1.807, 2.05) is 10.9 Å². The van der Waals surface area contributed by atoms with Crippen molar-refractivity contribution in [1.29, 1.82) is 0 Å². The molecule has 0 amide bonds. The Balaban J connectivity index is 2.76. The maximum atomic E-state index is 5.87. The molecule has 0 saturated carbocycles. The van der Waals surface area contributed by atoms with Crippen LogP contribution in [0.4, 0.5) is 0 Å². The number of aryl methyl sites for hydroxylation is 1. The van der Waals surface area contributed by atoms with E-state index in [4.69, 9.17) is 10.5 Å². The number of hydrogen-bond donors (Lipinski definition) is 1. The normalized spacial score (nSPS) is 15.2. The molecule has 5 heteroatoms. The molecule has 17 heavy (non-hydrogen) atoms. The van der Waals surface area contributed by atoms with Crippen molar-refractivity contribution in [2.24, 2.45) is 5.73 Å². The molecular weight excluding hydrogens is 216 g/mol. The molecule has 1 aromatic heterocycles. The number of likely N-dealkylation sites (N-methyl/N-ethyl adjacent to an activating group) is 1. The molecule has 1 heterocycles. The minimum atomic E-state index is 0.195. The molecule has 0 aromatic carbocycles. The largest absolute Gasteiger partial charge is 0.383 e. The third-order valence-corrected chi connectivity index (χ3v) is 3.18. The van der Waals surface area contributed by atoms with Crippen LogP contribution in [0.5, 0.6) is 0 Å². The molecule has 0 aliphatic heterocycles. The summed E-state index contributed by atoms with van der Waals surface area (Å²) >= 11 is 0. The van der Waals surface area contributed by atoms with Crippen LogP contribution < -0.4 is 5.73 Å². The lowest BCUT2D eigenvalue weighted by atomic mass is 10.1. The van der Waals surface area contributed by atoms with E-state index in [1.54, 1.807) is 7.11 Å². The van der Waals surface area contributed by atoms with Gasteiger partial charge in [0.2, 0.25) is 0 Å². The first-order valence-corrected chi connectivity index (χ1v) is 6.07. The molecule has 2 N–H and O–H groups in total. The van der Waals surface area contributed by atoms with Gasteiger partial charge < -0.3 is 10.5 Å². The summed E-state index contributed by atoms with van der Waals surface area (Å²) in [7, 11) is 3.79. The standard InChI is InChI=1S/C12H24N4O/c1-5-16-8-11(7-14-16)12(6-13)15(3)10(2)9-17-4/h7-8,10,12H,5-6,9,13H2,1-4H3. The zero-order valence-electron chi connectivity index (χ0n) is 11.3. The van der Waals surface area contributed by atoms with Crippen molar-refractivity contribution >= 4 is 0 Å². The van der Waals surface area contributed by atoms with Crippen molar-refractivity contribution < 1.29 is 4.74 Å². The number of aromatic nitrogens is 2. The van der Waals surface area contributed by atoms with Gasteiger partial charge in [-0.15, -0.1) is 0 Å². The lowest BCUT2D eigenvalue weighted by Crippen LogP contribution is -2.39. The number of hydrogen-bond acceptors (Lipinski definition) is 4. The summed E-state index contributed by atoms with van der Waals surface area (Å²) in [6.45, 7) is 6.38. The molecule has 0 aliphatic rings. The highest BCUT2D eigenvalue weighted by Crippen LogP contribution is 2.19. The van der Waals surface area contributed by atoms with Gasteiger partial charge in [-0.3, -0.25) is 9.58 Å². The predicted octanol–water partition coefficient (Wildman–Crippen LogP) is 0.870. The molecule has 0 bridgehead atoms. The van der Waals surface area contributed by atoms with E-state index >= 15 is 0 Å². The first-order chi connectivity index (χ1) is 8.13. The Morgan fingerprint density at radius 3 is 2.76 bits per heavy atom. The van der Waals surface area contributed by atoms with Gasteiger partial charge in [0.15, 0.2) is 0 Å². The van der Waals surface area contributed by atoms with Crippen LogP contribution in [0, 0.1) is 0 Å². The van der Waals surface area contributed by atoms with E-state index in [-0.39, 0.29) is 6.04 Å². The van der Waals surface area contributed by atoms with Crippen molar-refractivity contribution in [3.8, 4) is 0 Å². The topological polar surface area (TPSA) is 56.3 Å². The number of nitrogens with zero attached hydrogens (tertiary/aromatic N) is 3. The van der Waals surface area contributed by atoms with Crippen molar-refractivity contribution in [3.05, 3.63) is 18.0 Å². The van der Waals surface area contributed by atoms with E-state index < -0.39 is 0 Å². The SMILES string of the molecule is CCn1cc(C(CN)N(C)C(C)COC)cn1. The second kappa shape index (κ2) is 6.74. The number of methoxy groups -OCH3 is 1. The quantitative estimate of drug-likeness (QED) is 0.768. The summed E-state index contributed by atoms with van der Waals surface area (Å²) in [6.07, 6.45) is 3.96. The molecule has 98 valence electrons. The highest BCUT2D eigenvalue weighted by Gasteiger charge is 2.21. The lowest BCUT2D eigenvalue weighted by molar-refractivity contribution is 0.0910. The van der Waals surface area contributed by atoms with Gasteiger partial charge in [0.05, 0.1) is 18.8 Å². The van der Waals surface area contributed by atoms with E-state index in [1.165, 1.54) is 5.56 Å². The molecule has 0 fully saturated rings. The molecular formula is C12H24N4O. The van der Waals surface area contributed by atoms with E-state index in [0.29, 0.717) is 19.2 Å². The van der Waals surface area contributed by atoms with Gasteiger partial charge in [-0.1, -0.05) is 0 Å². The number of ether oxygens (including phenoxy) is 1. The molecule has 0 spiro atoms. The molecule has 2 unspecified atom stereocenters. The van der Waals surface area contributed by atoms with Crippen LogP contribution in [-0.4, -0.2) is 48.0 Å². The number of nitrogens with two attached hydrogens (primary N) is 1. The van der Waals surface area contributed by atoms with Crippen LogP contribution in [0.15, 0.2) is 12.4 Å². The molecule has 1 aromatic rings. The molecule has 2 atom stereocenters. The van der Waals surface area contributed by atoms with Gasteiger partial charge in [-0.2, -0.15) is 5.10 Å². The second-order valence-electron chi connectivity index (χ2n) is 4.35. The van der Waals surface area contributed by atoms with Crippen molar-refractivity contribution in [2.45, 2.75) is 32.5 Å². The van der Waals surface area contributed by atoms with Crippen LogP contribution in [0.25, 0.3) is 0 Å². The van der Waals surface area contributed by atoms with E-state index in [9.17, 15) is 0 Å². The molecule has 0 aliphatic carbocycles. The van der Waals surface area contributed by atoms with Crippen LogP contribution in [-0.2, 0) is 11.3 Å². The summed E-state index contributed by atoms with van der Waals surface area (Å²) in [5.74, 6) is 0. The highest BCUT2D eigenvalue weighted by atomic mass is 16.5. The van der Waals surface area contributed by atoms with Gasteiger partial charge in [0.1, 0.15) is 0 Å². The molecule has 0 saturated heterocycles. The first-order valence-electron chi connectivity index (χ1n) is 6.07. The maximum Gasteiger partial charge on any atom is 0.0615 e. The third-order valence-electron chi connectivity index (χ3n) is 3.18. The lowest BCUT2D eigenvalue weighted by Gasteiger charge is -2.31. The summed E-state index contributed by atoms with van der Waals surface area (Å²) < 4.78 is 7.10. The fourth-order valence-electron chi connectivity index (χ4n) is 1.93. The Kier molecular flexibility index (Phi) is 5.61. The summed E-state index contributed by atoms with van der Waals surface area (Å²) in [4.78, 5) is 2.24. The molecule has 0 radical (unpaired) electrons. The van der Waals surface area contributed by atoms with Crippen molar-refractivity contribution in [2.75, 3.05) is 27.3 Å². The van der Waals surface area contributed by atoms with Gasteiger partial charge >= 0.3 is 0 Å². The van der Waals surface area contributed by atoms with Crippen molar-refractivity contribution in [1.82, 2.24) is 14.7 Å². The predicted molar refractivity (Wildman–Crippen MR) is 68.8 cm³/mol. The number of rotatable bonds is 7. The fourth-order valence-corrected chi connectivity index (χ4v) is 1.93. The van der Waals surface area contributed by atoms with E-state index in [0.717, 1.165) is 6.54 Å². The molecule has 1 rings (SSSR count). The Hall–Kier alpha value is -0.910. The fraction of sp³-hybridized carbons (Fsp3) is 0.750. The second-order valence-corrected chi connectivity index (χ2v) is 4.35. The summed E-state index contributed by atoms with van der Waals surface area (Å²) in [6, 6.07) is 0.527. The zero-order chi connectivity index (χ0) is 12.8.